The molecule has 0 N–H and O–H groups in total. The highest BCUT2D eigenvalue weighted by Gasteiger charge is 2.09. The molecular weight excluding hydrogens is 247 g/mol. The van der Waals surface area contributed by atoms with E-state index in [9.17, 15) is 9.18 Å². The lowest BCUT2D eigenvalue weighted by molar-refractivity contribution is 0.0601. The van der Waals surface area contributed by atoms with E-state index in [1.54, 1.807) is 30.3 Å². The first-order valence-electron chi connectivity index (χ1n) is 5.68. The summed E-state index contributed by atoms with van der Waals surface area (Å²) in [5, 5.41) is 0. The van der Waals surface area contributed by atoms with Crippen molar-refractivity contribution in [1.82, 2.24) is 0 Å². The lowest BCUT2D eigenvalue weighted by Crippen LogP contribution is -2.00. The van der Waals surface area contributed by atoms with Gasteiger partial charge in [0.2, 0.25) is 0 Å². The third-order valence-electron chi connectivity index (χ3n) is 2.77. The molecule has 2 aromatic carbocycles. The van der Waals surface area contributed by atoms with E-state index in [2.05, 4.69) is 4.74 Å². The van der Waals surface area contributed by atoms with Crippen molar-refractivity contribution in [3.05, 3.63) is 53.8 Å². The van der Waals surface area contributed by atoms with E-state index in [1.807, 2.05) is 6.07 Å². The number of benzene rings is 2. The first kappa shape index (κ1) is 13.1. The van der Waals surface area contributed by atoms with Gasteiger partial charge >= 0.3 is 5.97 Å². The van der Waals surface area contributed by atoms with E-state index < -0.39 is 11.8 Å². The maximum absolute atomic E-state index is 13.3. The zero-order chi connectivity index (χ0) is 13.8. The van der Waals surface area contributed by atoms with Crippen LogP contribution in [0.25, 0.3) is 11.1 Å². The summed E-state index contributed by atoms with van der Waals surface area (Å²) in [5.74, 6) is -0.660. The number of carbonyl (C=O) groups excluding carboxylic acids is 1. The van der Waals surface area contributed by atoms with Crippen LogP contribution in [0.2, 0.25) is 0 Å². The van der Waals surface area contributed by atoms with E-state index >= 15 is 0 Å². The number of ether oxygens (including phenoxy) is 2. The van der Waals surface area contributed by atoms with E-state index in [0.717, 1.165) is 11.1 Å². The monoisotopic (exact) mass is 260 g/mol. The van der Waals surface area contributed by atoms with Crippen LogP contribution in [-0.4, -0.2) is 20.2 Å². The van der Waals surface area contributed by atoms with Crippen molar-refractivity contribution < 1.29 is 18.7 Å². The number of hydrogen-bond acceptors (Lipinski definition) is 3. The van der Waals surface area contributed by atoms with Gasteiger partial charge in [0.25, 0.3) is 0 Å². The first-order chi connectivity index (χ1) is 9.15. The Labute approximate surface area is 110 Å². The first-order valence-corrected chi connectivity index (χ1v) is 5.68. The number of methoxy groups -OCH3 is 2. The zero-order valence-corrected chi connectivity index (χ0v) is 10.6. The molecule has 0 saturated heterocycles. The van der Waals surface area contributed by atoms with Crippen LogP contribution in [0.15, 0.2) is 42.5 Å². The van der Waals surface area contributed by atoms with Gasteiger partial charge in [0.15, 0.2) is 11.6 Å². The van der Waals surface area contributed by atoms with Crippen LogP contribution in [0.1, 0.15) is 10.4 Å². The number of rotatable bonds is 3. The Balaban J connectivity index is 2.44. The van der Waals surface area contributed by atoms with Gasteiger partial charge < -0.3 is 9.47 Å². The van der Waals surface area contributed by atoms with Gasteiger partial charge in [-0.1, -0.05) is 18.2 Å². The fourth-order valence-corrected chi connectivity index (χ4v) is 1.78. The van der Waals surface area contributed by atoms with Crippen LogP contribution in [0, 0.1) is 5.82 Å². The van der Waals surface area contributed by atoms with E-state index in [-0.39, 0.29) is 5.75 Å². The second-order valence-electron chi connectivity index (χ2n) is 3.92. The lowest BCUT2D eigenvalue weighted by atomic mass is 10.0. The summed E-state index contributed by atoms with van der Waals surface area (Å²) in [6.07, 6.45) is 0. The van der Waals surface area contributed by atoms with Crippen molar-refractivity contribution in [2.24, 2.45) is 0 Å². The van der Waals surface area contributed by atoms with Crippen LogP contribution < -0.4 is 4.74 Å². The number of hydrogen-bond donors (Lipinski definition) is 0. The minimum Gasteiger partial charge on any atom is -0.494 e. The highest BCUT2D eigenvalue weighted by molar-refractivity contribution is 5.91. The zero-order valence-electron chi connectivity index (χ0n) is 10.6. The van der Waals surface area contributed by atoms with Crippen molar-refractivity contribution in [3.63, 3.8) is 0 Å². The molecule has 19 heavy (non-hydrogen) atoms. The Morgan fingerprint density at radius 1 is 1.05 bits per heavy atom. The van der Waals surface area contributed by atoms with Gasteiger partial charge in [0, 0.05) is 0 Å². The molecular formula is C15H13FO3. The molecule has 0 spiro atoms. The largest absolute Gasteiger partial charge is 0.494 e. The van der Waals surface area contributed by atoms with Crippen LogP contribution in [0.4, 0.5) is 4.39 Å². The van der Waals surface area contributed by atoms with Crippen molar-refractivity contribution >= 4 is 5.97 Å². The lowest BCUT2D eigenvalue weighted by Gasteiger charge is -2.07. The second-order valence-corrected chi connectivity index (χ2v) is 3.92. The van der Waals surface area contributed by atoms with Gasteiger partial charge in [-0.15, -0.1) is 0 Å². The standard InChI is InChI=1S/C15H13FO3/c1-18-14-9-11(6-7-13(14)16)10-4-3-5-12(8-10)15(17)19-2/h3-9H,1-2H3. The molecule has 0 bridgehead atoms. The Hall–Kier alpha value is -2.36. The van der Waals surface area contributed by atoms with Gasteiger partial charge in [0.1, 0.15) is 0 Å². The van der Waals surface area contributed by atoms with Crippen LogP contribution in [0.5, 0.6) is 5.75 Å². The fourth-order valence-electron chi connectivity index (χ4n) is 1.78. The van der Waals surface area contributed by atoms with Gasteiger partial charge in [-0.05, 0) is 35.4 Å². The van der Waals surface area contributed by atoms with Crippen molar-refractivity contribution in [3.8, 4) is 16.9 Å². The summed E-state index contributed by atoms with van der Waals surface area (Å²) in [7, 11) is 2.74. The van der Waals surface area contributed by atoms with E-state index in [4.69, 9.17) is 4.74 Å². The molecule has 0 fully saturated rings. The molecule has 98 valence electrons. The molecule has 0 atom stereocenters. The molecule has 0 unspecified atom stereocenters. The van der Waals surface area contributed by atoms with Crippen molar-refractivity contribution in [2.45, 2.75) is 0 Å². The Morgan fingerprint density at radius 3 is 2.47 bits per heavy atom. The molecule has 0 saturated carbocycles. The third-order valence-corrected chi connectivity index (χ3v) is 2.77. The SMILES string of the molecule is COC(=O)c1cccc(-c2ccc(F)c(OC)c2)c1. The predicted octanol–water partition coefficient (Wildman–Crippen LogP) is 3.29. The van der Waals surface area contributed by atoms with Crippen molar-refractivity contribution in [1.29, 1.82) is 0 Å². The quantitative estimate of drug-likeness (QED) is 0.794. The minimum atomic E-state index is -0.421. The normalized spacial score (nSPS) is 10.1. The molecule has 0 aliphatic rings. The summed E-state index contributed by atoms with van der Waals surface area (Å²) in [6.45, 7) is 0. The summed E-state index contributed by atoms with van der Waals surface area (Å²) >= 11 is 0. The minimum absolute atomic E-state index is 0.168. The van der Waals surface area contributed by atoms with Gasteiger partial charge in [-0.3, -0.25) is 0 Å². The molecule has 0 amide bonds. The molecule has 2 rings (SSSR count). The van der Waals surface area contributed by atoms with Crippen LogP contribution in [0.3, 0.4) is 0 Å². The maximum atomic E-state index is 13.3. The molecule has 0 heterocycles. The number of carbonyl (C=O) groups is 1. The molecule has 0 aliphatic heterocycles. The smallest absolute Gasteiger partial charge is 0.337 e. The van der Waals surface area contributed by atoms with Gasteiger partial charge in [-0.25, -0.2) is 9.18 Å². The molecule has 0 aliphatic carbocycles. The Bertz CT molecular complexity index is 608. The third kappa shape index (κ3) is 2.73. The van der Waals surface area contributed by atoms with Crippen LogP contribution >= 0.6 is 0 Å². The summed E-state index contributed by atoms with van der Waals surface area (Å²) in [5.41, 5.74) is 2.01. The number of halogens is 1. The average Bonchev–Trinajstić information content (AvgIpc) is 2.47. The van der Waals surface area contributed by atoms with Crippen molar-refractivity contribution in [2.75, 3.05) is 14.2 Å². The Kier molecular flexibility index (Phi) is 3.80. The van der Waals surface area contributed by atoms with E-state index in [1.165, 1.54) is 20.3 Å². The molecule has 0 radical (unpaired) electrons. The maximum Gasteiger partial charge on any atom is 0.337 e. The molecule has 0 aromatic heterocycles. The fraction of sp³-hybridized carbons (Fsp3) is 0.133. The highest BCUT2D eigenvalue weighted by Crippen LogP contribution is 2.27. The van der Waals surface area contributed by atoms with Crippen LogP contribution in [-0.2, 0) is 4.74 Å². The van der Waals surface area contributed by atoms with Gasteiger partial charge in [0.05, 0.1) is 19.8 Å². The molecule has 3 nitrogen and oxygen atoms in total. The van der Waals surface area contributed by atoms with E-state index in [0.29, 0.717) is 5.56 Å². The Morgan fingerprint density at radius 2 is 1.79 bits per heavy atom. The molecule has 4 heteroatoms. The summed E-state index contributed by atoms with van der Waals surface area (Å²) in [6, 6.07) is 11.5. The number of esters is 1. The summed E-state index contributed by atoms with van der Waals surface area (Å²) in [4.78, 5) is 11.5. The topological polar surface area (TPSA) is 35.5 Å². The van der Waals surface area contributed by atoms with Gasteiger partial charge in [-0.2, -0.15) is 0 Å². The molecule has 2 aromatic rings. The predicted molar refractivity (Wildman–Crippen MR) is 69.7 cm³/mol. The highest BCUT2D eigenvalue weighted by atomic mass is 19.1. The summed E-state index contributed by atoms with van der Waals surface area (Å²) < 4.78 is 23.0. The average molecular weight is 260 g/mol. The second kappa shape index (κ2) is 5.52.